The molecule has 0 bridgehead atoms. The summed E-state index contributed by atoms with van der Waals surface area (Å²) < 4.78 is 26.2. The molecule has 2 N–H and O–H groups in total. The van der Waals surface area contributed by atoms with Crippen LogP contribution in [-0.4, -0.2) is 50.0 Å². The molecule has 0 spiro atoms. The average Bonchev–Trinajstić information content (AvgIpc) is 2.46. The zero-order valence-electron chi connectivity index (χ0n) is 12.0. The van der Waals surface area contributed by atoms with E-state index in [1.54, 1.807) is 13.8 Å². The number of nitrogens with zero attached hydrogens (tertiary/aromatic N) is 1. The second kappa shape index (κ2) is 7.74. The van der Waals surface area contributed by atoms with Gasteiger partial charge in [0.05, 0.1) is 11.6 Å². The van der Waals surface area contributed by atoms with Crippen molar-refractivity contribution in [2.45, 2.75) is 18.7 Å². The molecule has 6 nitrogen and oxygen atoms in total. The number of nitrogens with one attached hydrogen (secondary N) is 1. The van der Waals surface area contributed by atoms with Crippen LogP contribution in [-0.2, 0) is 10.0 Å². The quantitative estimate of drug-likeness (QED) is 0.781. The molecule has 0 aliphatic heterocycles. The summed E-state index contributed by atoms with van der Waals surface area (Å²) in [5.41, 5.74) is 0.179. The van der Waals surface area contributed by atoms with Crippen molar-refractivity contribution in [1.82, 2.24) is 9.62 Å². The number of rotatable bonds is 7. The topological polar surface area (TPSA) is 86.7 Å². The number of aliphatic hydroxyl groups excluding tert-OH is 1. The lowest BCUT2D eigenvalue weighted by Crippen LogP contribution is -2.31. The van der Waals surface area contributed by atoms with Crippen molar-refractivity contribution in [2.75, 3.05) is 26.2 Å². The largest absolute Gasteiger partial charge is 0.395 e. The van der Waals surface area contributed by atoms with E-state index in [1.807, 2.05) is 0 Å². The Morgan fingerprint density at radius 2 is 1.95 bits per heavy atom. The van der Waals surface area contributed by atoms with Crippen LogP contribution < -0.4 is 5.32 Å². The summed E-state index contributed by atoms with van der Waals surface area (Å²) in [7, 11) is -3.74. The molecular weight excluding hydrogens is 316 g/mol. The van der Waals surface area contributed by atoms with Gasteiger partial charge >= 0.3 is 0 Å². The van der Waals surface area contributed by atoms with Crippen molar-refractivity contribution in [3.63, 3.8) is 0 Å². The van der Waals surface area contributed by atoms with Crippen LogP contribution in [0.25, 0.3) is 0 Å². The van der Waals surface area contributed by atoms with Crippen molar-refractivity contribution in [3.8, 4) is 0 Å². The van der Waals surface area contributed by atoms with Crippen LogP contribution in [0.4, 0.5) is 0 Å². The van der Waals surface area contributed by atoms with Crippen molar-refractivity contribution >= 4 is 27.5 Å². The lowest BCUT2D eigenvalue weighted by atomic mass is 10.2. The van der Waals surface area contributed by atoms with Crippen LogP contribution in [0.15, 0.2) is 23.1 Å². The van der Waals surface area contributed by atoms with E-state index in [2.05, 4.69) is 5.32 Å². The summed E-state index contributed by atoms with van der Waals surface area (Å²) >= 11 is 5.97. The molecule has 21 heavy (non-hydrogen) atoms. The summed E-state index contributed by atoms with van der Waals surface area (Å²) in [5.74, 6) is -0.461. The van der Waals surface area contributed by atoms with Gasteiger partial charge in [-0.15, -0.1) is 0 Å². The van der Waals surface area contributed by atoms with Gasteiger partial charge in [0.1, 0.15) is 4.90 Å². The molecular formula is C13H19ClN2O4S. The third-order valence-corrected chi connectivity index (χ3v) is 5.45. The molecule has 8 heteroatoms. The molecule has 1 amide bonds. The zero-order valence-corrected chi connectivity index (χ0v) is 13.5. The fourth-order valence-electron chi connectivity index (χ4n) is 1.82. The van der Waals surface area contributed by atoms with Crippen LogP contribution in [0, 0.1) is 0 Å². The first-order valence-electron chi connectivity index (χ1n) is 6.57. The Bertz CT molecular complexity index is 600. The highest BCUT2D eigenvalue weighted by Gasteiger charge is 2.25. The first kappa shape index (κ1) is 17.9. The van der Waals surface area contributed by atoms with E-state index in [9.17, 15) is 13.2 Å². The van der Waals surface area contributed by atoms with Crippen molar-refractivity contribution in [2.24, 2.45) is 0 Å². The Hall–Kier alpha value is -1.15. The second-order valence-corrected chi connectivity index (χ2v) is 6.53. The van der Waals surface area contributed by atoms with Gasteiger partial charge in [-0.2, -0.15) is 4.31 Å². The smallest absolute Gasteiger partial charge is 0.251 e. The monoisotopic (exact) mass is 334 g/mol. The fourth-order valence-corrected chi connectivity index (χ4v) is 3.77. The summed E-state index contributed by atoms with van der Waals surface area (Å²) in [5, 5.41) is 11.2. The Balaban J connectivity index is 3.22. The van der Waals surface area contributed by atoms with Crippen molar-refractivity contribution in [1.29, 1.82) is 0 Å². The molecule has 0 fully saturated rings. The summed E-state index contributed by atoms with van der Waals surface area (Å²) in [6, 6.07) is 4.07. The lowest BCUT2D eigenvalue weighted by Gasteiger charge is -2.19. The van der Waals surface area contributed by atoms with E-state index in [1.165, 1.54) is 22.5 Å². The van der Waals surface area contributed by atoms with Gasteiger partial charge in [0.15, 0.2) is 0 Å². The predicted molar refractivity (Wildman–Crippen MR) is 81.0 cm³/mol. The number of sulfonamides is 1. The first-order chi connectivity index (χ1) is 9.88. The van der Waals surface area contributed by atoms with Gasteiger partial charge < -0.3 is 10.4 Å². The minimum Gasteiger partial charge on any atom is -0.395 e. The summed E-state index contributed by atoms with van der Waals surface area (Å²) in [6.07, 6.45) is 0. The van der Waals surface area contributed by atoms with E-state index in [-0.39, 0.29) is 28.6 Å². The van der Waals surface area contributed by atoms with E-state index in [0.29, 0.717) is 13.1 Å². The first-order valence-corrected chi connectivity index (χ1v) is 8.39. The molecule has 1 aromatic rings. The van der Waals surface area contributed by atoms with E-state index in [0.717, 1.165) is 0 Å². The number of carbonyl (C=O) groups excluding carboxylic acids is 1. The minimum absolute atomic E-state index is 0.0700. The molecule has 0 aliphatic carbocycles. The van der Waals surface area contributed by atoms with E-state index in [4.69, 9.17) is 16.7 Å². The van der Waals surface area contributed by atoms with Gasteiger partial charge in [-0.05, 0) is 18.2 Å². The van der Waals surface area contributed by atoms with Gasteiger partial charge in [-0.25, -0.2) is 8.42 Å². The number of aliphatic hydroxyl groups is 1. The molecule has 0 atom stereocenters. The number of halogens is 1. The molecule has 0 aromatic heterocycles. The Morgan fingerprint density at radius 3 is 2.48 bits per heavy atom. The van der Waals surface area contributed by atoms with Crippen molar-refractivity contribution in [3.05, 3.63) is 28.8 Å². The Morgan fingerprint density at radius 1 is 1.33 bits per heavy atom. The van der Waals surface area contributed by atoms with Gasteiger partial charge in [0.25, 0.3) is 5.91 Å². The molecule has 0 heterocycles. The Kier molecular flexibility index (Phi) is 6.60. The maximum absolute atomic E-state index is 12.5. The molecule has 0 unspecified atom stereocenters. The maximum Gasteiger partial charge on any atom is 0.251 e. The van der Waals surface area contributed by atoms with E-state index >= 15 is 0 Å². The summed E-state index contributed by atoms with van der Waals surface area (Å²) in [4.78, 5) is 11.7. The normalized spacial score (nSPS) is 11.7. The minimum atomic E-state index is -3.74. The number of carbonyl (C=O) groups is 1. The van der Waals surface area contributed by atoms with Crippen LogP contribution in [0.1, 0.15) is 24.2 Å². The molecule has 0 radical (unpaired) electrons. The molecule has 1 aromatic carbocycles. The molecule has 1 rings (SSSR count). The summed E-state index contributed by atoms with van der Waals surface area (Å²) in [6.45, 7) is 4.00. The van der Waals surface area contributed by atoms with Gasteiger partial charge in [0.2, 0.25) is 10.0 Å². The van der Waals surface area contributed by atoms with Crippen molar-refractivity contribution < 1.29 is 18.3 Å². The maximum atomic E-state index is 12.5. The zero-order chi connectivity index (χ0) is 16.0. The third kappa shape index (κ3) is 4.16. The predicted octanol–water partition coefficient (Wildman–Crippen LogP) is 1.09. The SMILES string of the molecule is CCN(CC)S(=O)(=O)c1cc(C(=O)NCCO)ccc1Cl. The number of hydrogen-bond acceptors (Lipinski definition) is 4. The third-order valence-electron chi connectivity index (χ3n) is 2.91. The molecule has 0 saturated heterocycles. The second-order valence-electron chi connectivity index (χ2n) is 4.21. The molecule has 0 aliphatic rings. The molecule has 118 valence electrons. The standard InChI is InChI=1S/C13H19ClN2O4S/c1-3-16(4-2)21(19,20)12-9-10(5-6-11(12)14)13(18)15-7-8-17/h5-6,9,17H,3-4,7-8H2,1-2H3,(H,15,18). The average molecular weight is 335 g/mol. The highest BCUT2D eigenvalue weighted by atomic mass is 35.5. The number of benzene rings is 1. The Labute approximate surface area is 129 Å². The fraction of sp³-hybridized carbons (Fsp3) is 0.462. The van der Waals surface area contributed by atoms with Crippen LogP contribution >= 0.6 is 11.6 Å². The van der Waals surface area contributed by atoms with E-state index < -0.39 is 15.9 Å². The number of amides is 1. The highest BCUT2D eigenvalue weighted by molar-refractivity contribution is 7.89. The van der Waals surface area contributed by atoms with Crippen LogP contribution in [0.3, 0.4) is 0 Å². The van der Waals surface area contributed by atoms with Crippen LogP contribution in [0.2, 0.25) is 5.02 Å². The highest BCUT2D eigenvalue weighted by Crippen LogP contribution is 2.25. The molecule has 0 saturated carbocycles. The van der Waals surface area contributed by atoms with Gasteiger partial charge in [-0.3, -0.25) is 4.79 Å². The van der Waals surface area contributed by atoms with Gasteiger partial charge in [-0.1, -0.05) is 25.4 Å². The van der Waals surface area contributed by atoms with Crippen LogP contribution in [0.5, 0.6) is 0 Å². The number of hydrogen-bond donors (Lipinski definition) is 2. The lowest BCUT2D eigenvalue weighted by molar-refractivity contribution is 0.0944. The van der Waals surface area contributed by atoms with Gasteiger partial charge in [0, 0.05) is 25.2 Å².